The maximum atomic E-state index is 9.35. The molecule has 0 amide bonds. The van der Waals surface area contributed by atoms with Gasteiger partial charge in [-0.2, -0.15) is 0 Å². The predicted octanol–water partition coefficient (Wildman–Crippen LogP) is 0.0526. The Balaban J connectivity index is 1.69. The molecule has 0 saturated carbocycles. The standard InChI is InChI=1S/C10H20N2O/c13-10-2-5-12(6-3-10)8-9-1-4-11-7-9/h9-11,13H,1-8H2. The minimum atomic E-state index is -0.0297. The first-order valence-corrected chi connectivity index (χ1v) is 5.46. The van der Waals surface area contributed by atoms with E-state index in [0.29, 0.717) is 0 Å². The van der Waals surface area contributed by atoms with Gasteiger partial charge in [-0.25, -0.2) is 0 Å². The van der Waals surface area contributed by atoms with Gasteiger partial charge in [-0.3, -0.25) is 0 Å². The zero-order valence-corrected chi connectivity index (χ0v) is 8.21. The van der Waals surface area contributed by atoms with Crippen LogP contribution in [-0.4, -0.2) is 48.8 Å². The number of nitrogens with zero attached hydrogens (tertiary/aromatic N) is 1. The summed E-state index contributed by atoms with van der Waals surface area (Å²) in [5, 5.41) is 12.7. The molecule has 76 valence electrons. The second kappa shape index (κ2) is 4.40. The second-order valence-electron chi connectivity index (χ2n) is 4.39. The van der Waals surface area contributed by atoms with Gasteiger partial charge in [0.15, 0.2) is 0 Å². The van der Waals surface area contributed by atoms with E-state index in [2.05, 4.69) is 10.2 Å². The molecule has 0 aliphatic carbocycles. The van der Waals surface area contributed by atoms with Crippen molar-refractivity contribution in [2.75, 3.05) is 32.7 Å². The fourth-order valence-corrected chi connectivity index (χ4v) is 2.34. The lowest BCUT2D eigenvalue weighted by atomic mass is 10.0. The Morgan fingerprint density at radius 3 is 2.62 bits per heavy atom. The maximum absolute atomic E-state index is 9.35. The van der Waals surface area contributed by atoms with Gasteiger partial charge < -0.3 is 15.3 Å². The van der Waals surface area contributed by atoms with Crippen LogP contribution in [0.3, 0.4) is 0 Å². The monoisotopic (exact) mass is 184 g/mol. The third kappa shape index (κ3) is 2.66. The highest BCUT2D eigenvalue weighted by molar-refractivity contribution is 4.78. The Bertz CT molecular complexity index is 149. The number of aliphatic hydroxyl groups is 1. The topological polar surface area (TPSA) is 35.5 Å². The van der Waals surface area contributed by atoms with Crippen LogP contribution >= 0.6 is 0 Å². The molecule has 2 aliphatic rings. The molecule has 2 aliphatic heterocycles. The Morgan fingerprint density at radius 1 is 1.23 bits per heavy atom. The summed E-state index contributed by atoms with van der Waals surface area (Å²) in [5.41, 5.74) is 0. The lowest BCUT2D eigenvalue weighted by molar-refractivity contribution is 0.0761. The number of aliphatic hydroxyl groups excluding tert-OH is 1. The molecule has 2 fully saturated rings. The van der Waals surface area contributed by atoms with Crippen molar-refractivity contribution in [2.45, 2.75) is 25.4 Å². The van der Waals surface area contributed by atoms with Crippen molar-refractivity contribution in [2.24, 2.45) is 5.92 Å². The summed E-state index contributed by atoms with van der Waals surface area (Å²) < 4.78 is 0. The summed E-state index contributed by atoms with van der Waals surface area (Å²) in [4.78, 5) is 2.50. The highest BCUT2D eigenvalue weighted by Crippen LogP contribution is 2.14. The number of nitrogens with one attached hydrogen (secondary N) is 1. The average molecular weight is 184 g/mol. The van der Waals surface area contributed by atoms with Gasteiger partial charge in [0.25, 0.3) is 0 Å². The lowest BCUT2D eigenvalue weighted by Gasteiger charge is -2.31. The van der Waals surface area contributed by atoms with Crippen molar-refractivity contribution < 1.29 is 5.11 Å². The van der Waals surface area contributed by atoms with E-state index in [1.165, 1.54) is 26.1 Å². The molecule has 0 radical (unpaired) electrons. The van der Waals surface area contributed by atoms with Gasteiger partial charge in [0.2, 0.25) is 0 Å². The molecule has 0 aromatic carbocycles. The van der Waals surface area contributed by atoms with E-state index in [4.69, 9.17) is 0 Å². The van der Waals surface area contributed by atoms with Gasteiger partial charge in [0, 0.05) is 19.6 Å². The second-order valence-corrected chi connectivity index (χ2v) is 4.39. The summed E-state index contributed by atoms with van der Waals surface area (Å²) in [5.74, 6) is 0.857. The summed E-state index contributed by atoms with van der Waals surface area (Å²) >= 11 is 0. The molecule has 0 spiro atoms. The van der Waals surface area contributed by atoms with Gasteiger partial charge >= 0.3 is 0 Å². The van der Waals surface area contributed by atoms with Crippen LogP contribution in [0.1, 0.15) is 19.3 Å². The first-order valence-electron chi connectivity index (χ1n) is 5.46. The van der Waals surface area contributed by atoms with Crippen LogP contribution in [0.4, 0.5) is 0 Å². The smallest absolute Gasteiger partial charge is 0.0564 e. The first kappa shape index (κ1) is 9.44. The third-order valence-corrected chi connectivity index (χ3v) is 3.24. The zero-order valence-electron chi connectivity index (χ0n) is 8.21. The normalized spacial score (nSPS) is 32.5. The Hall–Kier alpha value is -0.120. The van der Waals surface area contributed by atoms with E-state index in [1.807, 2.05) is 0 Å². The van der Waals surface area contributed by atoms with Crippen molar-refractivity contribution in [1.82, 2.24) is 10.2 Å². The van der Waals surface area contributed by atoms with E-state index in [9.17, 15) is 5.11 Å². The molecule has 2 N–H and O–H groups in total. The molecule has 0 aromatic rings. The van der Waals surface area contributed by atoms with E-state index in [1.54, 1.807) is 0 Å². The van der Waals surface area contributed by atoms with E-state index in [-0.39, 0.29) is 6.10 Å². The van der Waals surface area contributed by atoms with Crippen molar-refractivity contribution in [3.63, 3.8) is 0 Å². The molecule has 1 atom stereocenters. The SMILES string of the molecule is OC1CCN(CC2CCNC2)CC1. The van der Waals surface area contributed by atoms with Gasteiger partial charge in [0.05, 0.1) is 6.10 Å². The molecule has 1 unspecified atom stereocenters. The zero-order chi connectivity index (χ0) is 9.10. The van der Waals surface area contributed by atoms with Crippen LogP contribution in [0.2, 0.25) is 0 Å². The quantitative estimate of drug-likeness (QED) is 0.636. The Morgan fingerprint density at radius 2 is 2.00 bits per heavy atom. The minimum Gasteiger partial charge on any atom is -0.393 e. The van der Waals surface area contributed by atoms with Crippen LogP contribution in [0.25, 0.3) is 0 Å². The molecular weight excluding hydrogens is 164 g/mol. The number of hydrogen-bond acceptors (Lipinski definition) is 3. The van der Waals surface area contributed by atoms with Crippen LogP contribution in [-0.2, 0) is 0 Å². The number of piperidine rings is 1. The Kier molecular flexibility index (Phi) is 3.19. The molecule has 0 bridgehead atoms. The highest BCUT2D eigenvalue weighted by atomic mass is 16.3. The van der Waals surface area contributed by atoms with Crippen molar-refractivity contribution in [3.8, 4) is 0 Å². The fourth-order valence-electron chi connectivity index (χ4n) is 2.34. The first-order chi connectivity index (χ1) is 6.34. The summed E-state index contributed by atoms with van der Waals surface area (Å²) in [6, 6.07) is 0. The number of likely N-dealkylation sites (tertiary alicyclic amines) is 1. The van der Waals surface area contributed by atoms with Gasteiger partial charge in [-0.05, 0) is 38.3 Å². The van der Waals surface area contributed by atoms with Crippen molar-refractivity contribution in [1.29, 1.82) is 0 Å². The molecule has 3 heteroatoms. The van der Waals surface area contributed by atoms with E-state index in [0.717, 1.165) is 31.8 Å². The van der Waals surface area contributed by atoms with Crippen LogP contribution in [0.5, 0.6) is 0 Å². The summed E-state index contributed by atoms with van der Waals surface area (Å²) in [6.45, 7) is 5.81. The maximum Gasteiger partial charge on any atom is 0.0564 e. The average Bonchev–Trinajstić information content (AvgIpc) is 2.62. The van der Waals surface area contributed by atoms with Crippen LogP contribution in [0, 0.1) is 5.92 Å². The van der Waals surface area contributed by atoms with E-state index < -0.39 is 0 Å². The fraction of sp³-hybridized carbons (Fsp3) is 1.00. The lowest BCUT2D eigenvalue weighted by Crippen LogP contribution is -2.39. The largest absolute Gasteiger partial charge is 0.393 e. The molecular formula is C10H20N2O. The molecule has 2 saturated heterocycles. The molecule has 3 nitrogen and oxygen atoms in total. The highest BCUT2D eigenvalue weighted by Gasteiger charge is 2.21. The van der Waals surface area contributed by atoms with E-state index >= 15 is 0 Å². The molecule has 0 aromatic heterocycles. The van der Waals surface area contributed by atoms with Gasteiger partial charge in [0.1, 0.15) is 0 Å². The number of hydrogen-bond donors (Lipinski definition) is 2. The Labute approximate surface area is 80.1 Å². The number of rotatable bonds is 2. The van der Waals surface area contributed by atoms with Crippen molar-refractivity contribution in [3.05, 3.63) is 0 Å². The van der Waals surface area contributed by atoms with Gasteiger partial charge in [-0.1, -0.05) is 0 Å². The van der Waals surface area contributed by atoms with Gasteiger partial charge in [-0.15, -0.1) is 0 Å². The molecule has 13 heavy (non-hydrogen) atoms. The third-order valence-electron chi connectivity index (χ3n) is 3.24. The minimum absolute atomic E-state index is 0.0297. The molecule has 2 heterocycles. The van der Waals surface area contributed by atoms with Crippen molar-refractivity contribution >= 4 is 0 Å². The molecule has 2 rings (SSSR count). The predicted molar refractivity (Wildman–Crippen MR) is 52.7 cm³/mol. The summed E-state index contributed by atoms with van der Waals surface area (Å²) in [6.07, 6.45) is 3.25. The van der Waals surface area contributed by atoms with Crippen LogP contribution in [0.15, 0.2) is 0 Å². The summed E-state index contributed by atoms with van der Waals surface area (Å²) in [7, 11) is 0. The van der Waals surface area contributed by atoms with Crippen LogP contribution < -0.4 is 5.32 Å².